The Balaban J connectivity index is 1.95. The van der Waals surface area contributed by atoms with Gasteiger partial charge in [0.25, 0.3) is 5.91 Å². The number of nitrogens with zero attached hydrogens (tertiary/aromatic N) is 1. The van der Waals surface area contributed by atoms with E-state index in [9.17, 15) is 9.90 Å². The molecule has 1 fully saturated rings. The lowest BCUT2D eigenvalue weighted by Crippen LogP contribution is -2.47. The molecule has 1 saturated heterocycles. The van der Waals surface area contributed by atoms with E-state index in [4.69, 9.17) is 0 Å². The van der Waals surface area contributed by atoms with Crippen molar-refractivity contribution in [1.82, 2.24) is 10.2 Å². The van der Waals surface area contributed by atoms with Crippen LogP contribution in [0.4, 0.5) is 0 Å². The molecule has 0 aromatic heterocycles. The number of hydrogen-bond acceptors (Lipinski definition) is 4. The molecule has 0 radical (unpaired) electrons. The first kappa shape index (κ1) is 16.8. The minimum atomic E-state index is -1.30. The van der Waals surface area contributed by atoms with E-state index in [1.165, 1.54) is 28.0 Å². The zero-order chi connectivity index (χ0) is 16.6. The van der Waals surface area contributed by atoms with Gasteiger partial charge in [0.05, 0.1) is 0 Å². The molecule has 2 aliphatic heterocycles. The summed E-state index contributed by atoms with van der Waals surface area (Å²) in [6.45, 7) is 5.50. The van der Waals surface area contributed by atoms with Crippen LogP contribution in [0.15, 0.2) is 17.0 Å². The number of aliphatic hydroxyl groups is 1. The van der Waals surface area contributed by atoms with Crippen LogP contribution in [0.2, 0.25) is 0 Å². The Morgan fingerprint density at radius 1 is 1.43 bits per heavy atom. The van der Waals surface area contributed by atoms with E-state index in [0.717, 1.165) is 19.4 Å². The topological polar surface area (TPSA) is 52.6 Å². The van der Waals surface area contributed by atoms with Gasteiger partial charge in [-0.05, 0) is 74.7 Å². The molecule has 0 saturated carbocycles. The summed E-state index contributed by atoms with van der Waals surface area (Å²) < 4.78 is 0. The molecule has 0 unspecified atom stereocenters. The van der Waals surface area contributed by atoms with Gasteiger partial charge >= 0.3 is 0 Å². The van der Waals surface area contributed by atoms with Crippen LogP contribution in [-0.4, -0.2) is 40.9 Å². The van der Waals surface area contributed by atoms with E-state index in [-0.39, 0.29) is 5.91 Å². The highest BCUT2D eigenvalue weighted by atomic mass is 32.2. The standard InChI is InChI=1S/C18H26N2O2S/c1-18(2,22)17(21)20-8-6-12-9-13(23-3)10-14(15(12)11-20)16-5-4-7-19-16/h9-10,16,19,22H,4-8,11H2,1-3H3/t16-/m0/s1. The zero-order valence-corrected chi connectivity index (χ0v) is 15.0. The summed E-state index contributed by atoms with van der Waals surface area (Å²) in [7, 11) is 0. The van der Waals surface area contributed by atoms with E-state index >= 15 is 0 Å². The third-order valence-electron chi connectivity index (χ3n) is 4.83. The molecule has 2 N–H and O–H groups in total. The average Bonchev–Trinajstić information content (AvgIpc) is 3.05. The lowest BCUT2D eigenvalue weighted by atomic mass is 9.90. The lowest BCUT2D eigenvalue weighted by Gasteiger charge is -2.35. The molecule has 2 heterocycles. The molecule has 23 heavy (non-hydrogen) atoms. The largest absolute Gasteiger partial charge is 0.381 e. The quantitative estimate of drug-likeness (QED) is 0.834. The van der Waals surface area contributed by atoms with E-state index in [1.807, 2.05) is 0 Å². The van der Waals surface area contributed by atoms with Crippen molar-refractivity contribution in [2.75, 3.05) is 19.3 Å². The smallest absolute Gasteiger partial charge is 0.254 e. The Morgan fingerprint density at radius 2 is 2.22 bits per heavy atom. The molecule has 0 aliphatic carbocycles. The first-order valence-electron chi connectivity index (χ1n) is 8.35. The van der Waals surface area contributed by atoms with Crippen LogP contribution in [0.1, 0.15) is 49.4 Å². The first-order valence-corrected chi connectivity index (χ1v) is 9.57. The summed E-state index contributed by atoms with van der Waals surface area (Å²) >= 11 is 1.78. The second-order valence-electron chi connectivity index (χ2n) is 7.04. The van der Waals surface area contributed by atoms with Gasteiger partial charge in [0.2, 0.25) is 0 Å². The molecule has 1 atom stereocenters. The Hall–Kier alpha value is -1.04. The van der Waals surface area contributed by atoms with Crippen LogP contribution in [-0.2, 0) is 17.8 Å². The van der Waals surface area contributed by atoms with Crippen molar-refractivity contribution in [3.63, 3.8) is 0 Å². The van der Waals surface area contributed by atoms with E-state index in [0.29, 0.717) is 19.1 Å². The number of carbonyl (C=O) groups is 1. The summed E-state index contributed by atoms with van der Waals surface area (Å²) in [5, 5.41) is 13.6. The maximum absolute atomic E-state index is 12.4. The van der Waals surface area contributed by atoms with Crippen molar-refractivity contribution in [3.8, 4) is 0 Å². The second kappa shape index (κ2) is 6.46. The molecule has 2 aliphatic rings. The van der Waals surface area contributed by atoms with Crippen molar-refractivity contribution < 1.29 is 9.90 Å². The van der Waals surface area contributed by atoms with E-state index in [2.05, 4.69) is 23.7 Å². The monoisotopic (exact) mass is 334 g/mol. The van der Waals surface area contributed by atoms with Gasteiger partial charge in [-0.15, -0.1) is 11.8 Å². The van der Waals surface area contributed by atoms with Gasteiger partial charge in [-0.1, -0.05) is 0 Å². The number of thioether (sulfide) groups is 1. The highest BCUT2D eigenvalue weighted by Gasteiger charge is 2.33. The van der Waals surface area contributed by atoms with E-state index in [1.54, 1.807) is 30.5 Å². The van der Waals surface area contributed by atoms with Crippen LogP contribution in [0.25, 0.3) is 0 Å². The Labute approximate surface area is 142 Å². The van der Waals surface area contributed by atoms with Gasteiger partial charge in [-0.3, -0.25) is 4.79 Å². The van der Waals surface area contributed by atoms with Crippen molar-refractivity contribution in [1.29, 1.82) is 0 Å². The SMILES string of the molecule is CSc1cc2c(c([C@@H]3CCCN3)c1)CN(C(=O)C(C)(C)O)CC2. The predicted molar refractivity (Wildman–Crippen MR) is 93.6 cm³/mol. The Kier molecular flexibility index (Phi) is 4.72. The van der Waals surface area contributed by atoms with Gasteiger partial charge in [-0.2, -0.15) is 0 Å². The molecule has 1 aromatic carbocycles. The molecule has 4 nitrogen and oxygen atoms in total. The molecular weight excluding hydrogens is 308 g/mol. The van der Waals surface area contributed by atoms with Crippen LogP contribution in [0.5, 0.6) is 0 Å². The van der Waals surface area contributed by atoms with Gasteiger partial charge < -0.3 is 15.3 Å². The van der Waals surface area contributed by atoms with Gasteiger partial charge in [-0.25, -0.2) is 0 Å². The fourth-order valence-electron chi connectivity index (χ4n) is 3.61. The fraction of sp³-hybridized carbons (Fsp3) is 0.611. The number of hydrogen-bond donors (Lipinski definition) is 2. The summed E-state index contributed by atoms with van der Waals surface area (Å²) in [6, 6.07) is 4.95. The molecule has 0 bridgehead atoms. The highest BCUT2D eigenvalue weighted by Crippen LogP contribution is 2.35. The first-order chi connectivity index (χ1) is 10.9. The third kappa shape index (κ3) is 3.42. The van der Waals surface area contributed by atoms with Crippen molar-refractivity contribution in [2.45, 2.75) is 56.2 Å². The molecular formula is C18H26N2O2S. The summed E-state index contributed by atoms with van der Waals surface area (Å²) in [5.41, 5.74) is 2.69. The number of nitrogens with one attached hydrogen (secondary N) is 1. The van der Waals surface area contributed by atoms with Crippen molar-refractivity contribution >= 4 is 17.7 Å². The van der Waals surface area contributed by atoms with Crippen LogP contribution < -0.4 is 5.32 Å². The maximum Gasteiger partial charge on any atom is 0.254 e. The summed E-state index contributed by atoms with van der Waals surface area (Å²) in [6.07, 6.45) is 5.34. The predicted octanol–water partition coefficient (Wildman–Crippen LogP) is 2.49. The number of benzene rings is 1. The zero-order valence-electron chi connectivity index (χ0n) is 14.2. The molecule has 5 heteroatoms. The van der Waals surface area contributed by atoms with Gasteiger partial charge in [0.15, 0.2) is 0 Å². The molecule has 0 spiro atoms. The number of fused-ring (bicyclic) bond motifs is 1. The van der Waals surface area contributed by atoms with Gasteiger partial charge in [0.1, 0.15) is 5.60 Å². The number of rotatable bonds is 3. The molecule has 1 amide bonds. The second-order valence-corrected chi connectivity index (χ2v) is 7.92. The van der Waals surface area contributed by atoms with Crippen LogP contribution >= 0.6 is 11.8 Å². The highest BCUT2D eigenvalue weighted by molar-refractivity contribution is 7.98. The number of carbonyl (C=O) groups excluding carboxylic acids is 1. The van der Waals surface area contributed by atoms with Crippen molar-refractivity contribution in [3.05, 3.63) is 28.8 Å². The Morgan fingerprint density at radius 3 is 2.83 bits per heavy atom. The summed E-state index contributed by atoms with van der Waals surface area (Å²) in [4.78, 5) is 15.5. The molecule has 126 valence electrons. The minimum absolute atomic E-state index is 0.178. The maximum atomic E-state index is 12.4. The molecule has 3 rings (SSSR count). The fourth-order valence-corrected chi connectivity index (χ4v) is 4.11. The third-order valence-corrected chi connectivity index (χ3v) is 5.54. The Bertz CT molecular complexity index is 604. The lowest BCUT2D eigenvalue weighted by molar-refractivity contribution is -0.148. The van der Waals surface area contributed by atoms with E-state index < -0.39 is 5.60 Å². The summed E-state index contributed by atoms with van der Waals surface area (Å²) in [5.74, 6) is -0.178. The number of amides is 1. The van der Waals surface area contributed by atoms with Gasteiger partial charge in [0, 0.05) is 24.0 Å². The van der Waals surface area contributed by atoms with Crippen LogP contribution in [0, 0.1) is 0 Å². The molecule has 1 aromatic rings. The van der Waals surface area contributed by atoms with Crippen LogP contribution in [0.3, 0.4) is 0 Å². The minimum Gasteiger partial charge on any atom is -0.381 e. The normalized spacial score (nSPS) is 21.4. The average molecular weight is 334 g/mol. The van der Waals surface area contributed by atoms with Crippen molar-refractivity contribution in [2.24, 2.45) is 0 Å².